The number of halogens is 1. The zero-order valence-corrected chi connectivity index (χ0v) is 10.5. The highest BCUT2D eigenvalue weighted by Gasteiger charge is 2.21. The lowest BCUT2D eigenvalue weighted by Gasteiger charge is -2.07. The van der Waals surface area contributed by atoms with Crippen molar-refractivity contribution in [2.24, 2.45) is 0 Å². The van der Waals surface area contributed by atoms with Crippen LogP contribution in [0, 0.1) is 27.3 Å². The van der Waals surface area contributed by atoms with E-state index in [-0.39, 0.29) is 16.8 Å². The van der Waals surface area contributed by atoms with Gasteiger partial charge >= 0.3 is 0 Å². The Morgan fingerprint density at radius 3 is 2.67 bits per heavy atom. The van der Waals surface area contributed by atoms with E-state index in [0.29, 0.717) is 6.07 Å². The van der Waals surface area contributed by atoms with E-state index in [1.54, 1.807) is 12.1 Å². The summed E-state index contributed by atoms with van der Waals surface area (Å²) in [7, 11) is 0. The van der Waals surface area contributed by atoms with Gasteiger partial charge in [0.15, 0.2) is 0 Å². The Morgan fingerprint density at radius 1 is 1.29 bits per heavy atom. The monoisotopic (exact) mass is 285 g/mol. The molecule has 1 amide bonds. The minimum absolute atomic E-state index is 0.218. The molecule has 2 aromatic rings. The van der Waals surface area contributed by atoms with Crippen LogP contribution in [0.5, 0.6) is 0 Å². The van der Waals surface area contributed by atoms with Crippen molar-refractivity contribution in [1.82, 2.24) is 0 Å². The summed E-state index contributed by atoms with van der Waals surface area (Å²) in [6.45, 7) is 0. The first kappa shape index (κ1) is 14.1. The Kier molecular flexibility index (Phi) is 3.90. The fourth-order valence-electron chi connectivity index (χ4n) is 1.73. The van der Waals surface area contributed by atoms with Gasteiger partial charge in [0.05, 0.1) is 22.2 Å². The van der Waals surface area contributed by atoms with Gasteiger partial charge in [-0.15, -0.1) is 0 Å². The van der Waals surface area contributed by atoms with E-state index in [9.17, 15) is 19.3 Å². The normalized spacial score (nSPS) is 9.71. The average Bonchev–Trinajstić information content (AvgIpc) is 2.47. The van der Waals surface area contributed by atoms with Crippen molar-refractivity contribution in [2.45, 2.75) is 0 Å². The molecule has 0 heterocycles. The molecule has 0 saturated heterocycles. The summed E-state index contributed by atoms with van der Waals surface area (Å²) < 4.78 is 13.0. The van der Waals surface area contributed by atoms with Crippen LogP contribution in [0.4, 0.5) is 15.8 Å². The third kappa shape index (κ3) is 3.01. The predicted octanol–water partition coefficient (Wildman–Crippen LogP) is 2.86. The molecule has 0 aliphatic carbocycles. The number of para-hydroxylation sites is 1. The summed E-state index contributed by atoms with van der Waals surface area (Å²) in [5.74, 6) is -1.60. The molecular weight excluding hydrogens is 277 g/mol. The molecule has 104 valence electrons. The lowest BCUT2D eigenvalue weighted by molar-refractivity contribution is -0.385. The Hall–Kier alpha value is -3.27. The first-order chi connectivity index (χ1) is 10.0. The number of carbonyl (C=O) groups excluding carboxylic acids is 1. The maximum absolute atomic E-state index is 13.0. The van der Waals surface area contributed by atoms with Crippen LogP contribution in [0.3, 0.4) is 0 Å². The minimum atomic E-state index is -0.839. The van der Waals surface area contributed by atoms with Crippen LogP contribution in [0.15, 0.2) is 42.5 Å². The molecule has 0 atom stereocenters. The van der Waals surface area contributed by atoms with Gasteiger partial charge in [0, 0.05) is 0 Å². The molecule has 7 heteroatoms. The number of amides is 1. The van der Waals surface area contributed by atoms with Crippen molar-refractivity contribution in [3.05, 3.63) is 69.5 Å². The molecule has 2 aromatic carbocycles. The summed E-state index contributed by atoms with van der Waals surface area (Å²) in [5, 5.41) is 22.2. The zero-order valence-electron chi connectivity index (χ0n) is 10.5. The maximum atomic E-state index is 13.0. The highest BCUT2D eigenvalue weighted by Crippen LogP contribution is 2.22. The second kappa shape index (κ2) is 5.79. The number of carbonyl (C=O) groups is 1. The second-order valence-electron chi connectivity index (χ2n) is 4.03. The number of hydrogen-bond acceptors (Lipinski definition) is 4. The van der Waals surface area contributed by atoms with E-state index in [2.05, 4.69) is 5.32 Å². The van der Waals surface area contributed by atoms with Crippen molar-refractivity contribution in [3.8, 4) is 6.07 Å². The van der Waals surface area contributed by atoms with Gasteiger partial charge in [0.2, 0.25) is 0 Å². The number of hydrogen-bond donors (Lipinski definition) is 1. The molecule has 0 fully saturated rings. The van der Waals surface area contributed by atoms with Gasteiger partial charge in [0.25, 0.3) is 11.6 Å². The smallest absolute Gasteiger partial charge is 0.285 e. The average molecular weight is 285 g/mol. The lowest BCUT2D eigenvalue weighted by atomic mass is 10.1. The van der Waals surface area contributed by atoms with E-state index in [1.165, 1.54) is 12.1 Å². The molecule has 0 radical (unpaired) electrons. The van der Waals surface area contributed by atoms with Crippen molar-refractivity contribution >= 4 is 17.3 Å². The van der Waals surface area contributed by atoms with E-state index in [1.807, 2.05) is 6.07 Å². The molecule has 1 N–H and O–H groups in total. The molecule has 21 heavy (non-hydrogen) atoms. The van der Waals surface area contributed by atoms with Crippen molar-refractivity contribution in [3.63, 3.8) is 0 Å². The molecule has 0 saturated carbocycles. The number of nitriles is 1. The van der Waals surface area contributed by atoms with Gasteiger partial charge in [-0.1, -0.05) is 12.1 Å². The highest BCUT2D eigenvalue weighted by atomic mass is 19.1. The van der Waals surface area contributed by atoms with Crippen LogP contribution in [0.25, 0.3) is 0 Å². The van der Waals surface area contributed by atoms with Gasteiger partial charge < -0.3 is 5.32 Å². The second-order valence-corrected chi connectivity index (χ2v) is 4.03. The van der Waals surface area contributed by atoms with Crippen LogP contribution < -0.4 is 5.32 Å². The van der Waals surface area contributed by atoms with Crippen LogP contribution in [0.2, 0.25) is 0 Å². The highest BCUT2D eigenvalue weighted by molar-refractivity contribution is 6.07. The molecule has 0 aromatic heterocycles. The Bertz CT molecular complexity index is 768. The molecule has 0 unspecified atom stereocenters. The predicted molar refractivity (Wildman–Crippen MR) is 72.2 cm³/mol. The summed E-state index contributed by atoms with van der Waals surface area (Å²) >= 11 is 0. The van der Waals surface area contributed by atoms with E-state index in [0.717, 1.165) is 12.1 Å². The van der Waals surface area contributed by atoms with Crippen LogP contribution in [-0.2, 0) is 0 Å². The molecule has 0 aliphatic heterocycles. The SMILES string of the molecule is N#Cc1ccccc1NC(=O)c1ccc(F)cc1[N+](=O)[O-]. The topological polar surface area (TPSA) is 96.0 Å². The van der Waals surface area contributed by atoms with E-state index in [4.69, 9.17) is 5.26 Å². The summed E-state index contributed by atoms with van der Waals surface area (Å²) in [5.41, 5.74) is -0.477. The molecule has 0 spiro atoms. The largest absolute Gasteiger partial charge is 0.321 e. The fraction of sp³-hybridized carbons (Fsp3) is 0. The molecule has 0 aliphatic rings. The maximum Gasteiger partial charge on any atom is 0.285 e. The Labute approximate surface area is 118 Å². The van der Waals surface area contributed by atoms with Crippen molar-refractivity contribution in [1.29, 1.82) is 5.26 Å². The number of nitrogens with zero attached hydrogens (tertiary/aromatic N) is 2. The van der Waals surface area contributed by atoms with Crippen molar-refractivity contribution < 1.29 is 14.1 Å². The number of nitro groups is 1. The standard InChI is InChI=1S/C14H8FN3O3/c15-10-5-6-11(13(7-10)18(20)21)14(19)17-12-4-2-1-3-9(12)8-16/h1-7H,(H,17,19). The number of anilines is 1. The third-order valence-electron chi connectivity index (χ3n) is 2.70. The van der Waals surface area contributed by atoms with E-state index >= 15 is 0 Å². The summed E-state index contributed by atoms with van der Waals surface area (Å²) in [6, 6.07) is 10.8. The number of nitro benzene ring substituents is 1. The Balaban J connectivity index is 2.38. The minimum Gasteiger partial charge on any atom is -0.321 e. The van der Waals surface area contributed by atoms with Crippen LogP contribution in [0.1, 0.15) is 15.9 Å². The quantitative estimate of drug-likeness (QED) is 0.692. The molecule has 2 rings (SSSR count). The van der Waals surface area contributed by atoms with Crippen LogP contribution >= 0.6 is 0 Å². The fourth-order valence-corrected chi connectivity index (χ4v) is 1.73. The first-order valence-corrected chi connectivity index (χ1v) is 5.77. The van der Waals surface area contributed by atoms with Gasteiger partial charge in [0.1, 0.15) is 17.4 Å². The van der Waals surface area contributed by atoms with Gasteiger partial charge in [-0.3, -0.25) is 14.9 Å². The number of rotatable bonds is 3. The summed E-state index contributed by atoms with van der Waals surface area (Å²) in [6.07, 6.45) is 0. The Morgan fingerprint density at radius 2 is 2.00 bits per heavy atom. The van der Waals surface area contributed by atoms with Crippen LogP contribution in [-0.4, -0.2) is 10.8 Å². The number of benzene rings is 2. The molecular formula is C14H8FN3O3. The van der Waals surface area contributed by atoms with Gasteiger partial charge in [-0.25, -0.2) is 4.39 Å². The number of nitrogens with one attached hydrogen (secondary N) is 1. The van der Waals surface area contributed by atoms with E-state index < -0.39 is 22.3 Å². The summed E-state index contributed by atoms with van der Waals surface area (Å²) in [4.78, 5) is 22.1. The van der Waals surface area contributed by atoms with Crippen molar-refractivity contribution in [2.75, 3.05) is 5.32 Å². The zero-order chi connectivity index (χ0) is 15.4. The first-order valence-electron chi connectivity index (χ1n) is 5.77. The van der Waals surface area contributed by atoms with Gasteiger partial charge in [-0.05, 0) is 24.3 Å². The molecule has 6 nitrogen and oxygen atoms in total. The lowest BCUT2D eigenvalue weighted by Crippen LogP contribution is -2.15. The third-order valence-corrected chi connectivity index (χ3v) is 2.70. The molecule has 0 bridgehead atoms. The van der Waals surface area contributed by atoms with Gasteiger partial charge in [-0.2, -0.15) is 5.26 Å².